The molecular weight excluding hydrogens is 304 g/mol. The summed E-state index contributed by atoms with van der Waals surface area (Å²) < 4.78 is 7.04. The highest BCUT2D eigenvalue weighted by atomic mass is 16.5. The maximum atomic E-state index is 12.3. The Labute approximate surface area is 140 Å². The monoisotopic (exact) mass is 322 g/mol. The number of nitriles is 1. The van der Waals surface area contributed by atoms with Crippen molar-refractivity contribution in [1.29, 1.82) is 5.26 Å². The fraction of sp³-hybridized carbons (Fsp3) is 0.278. The molecule has 0 radical (unpaired) electrons. The van der Waals surface area contributed by atoms with Crippen molar-refractivity contribution in [2.45, 2.75) is 20.4 Å². The van der Waals surface area contributed by atoms with Crippen molar-refractivity contribution in [1.82, 2.24) is 4.57 Å². The van der Waals surface area contributed by atoms with Gasteiger partial charge in [-0.25, -0.2) is 9.79 Å². The van der Waals surface area contributed by atoms with E-state index in [1.807, 2.05) is 34.9 Å². The van der Waals surface area contributed by atoms with Crippen LogP contribution in [0.25, 0.3) is 0 Å². The molecule has 1 N–H and O–H groups in total. The number of para-hydroxylation sites is 1. The molecule has 0 aliphatic carbocycles. The summed E-state index contributed by atoms with van der Waals surface area (Å²) in [5.41, 5.74) is 2.73. The highest BCUT2D eigenvalue weighted by Gasteiger charge is 2.26. The topological polar surface area (TPSA) is 79.4 Å². The van der Waals surface area contributed by atoms with Crippen molar-refractivity contribution < 1.29 is 9.53 Å². The van der Waals surface area contributed by atoms with Crippen molar-refractivity contribution in [3.63, 3.8) is 0 Å². The minimum atomic E-state index is -0.420. The number of benzene rings is 1. The van der Waals surface area contributed by atoms with Crippen LogP contribution in [0.15, 0.2) is 35.3 Å². The van der Waals surface area contributed by atoms with Gasteiger partial charge in [0, 0.05) is 13.1 Å². The van der Waals surface area contributed by atoms with Crippen LogP contribution in [0.4, 0.5) is 11.5 Å². The lowest BCUT2D eigenvalue weighted by Gasteiger charge is -2.15. The molecular formula is C18H18N4O2. The highest BCUT2D eigenvalue weighted by molar-refractivity contribution is 5.97. The van der Waals surface area contributed by atoms with Gasteiger partial charge in [0.1, 0.15) is 17.5 Å². The lowest BCUT2D eigenvalue weighted by Crippen LogP contribution is -2.26. The molecule has 0 spiro atoms. The Morgan fingerprint density at radius 3 is 2.83 bits per heavy atom. The van der Waals surface area contributed by atoms with Gasteiger partial charge in [0.25, 0.3) is 0 Å². The fourth-order valence-corrected chi connectivity index (χ4v) is 2.86. The van der Waals surface area contributed by atoms with Crippen LogP contribution in [0.1, 0.15) is 28.4 Å². The average molecular weight is 322 g/mol. The minimum Gasteiger partial charge on any atom is -0.462 e. The van der Waals surface area contributed by atoms with Crippen molar-refractivity contribution in [3.8, 4) is 6.07 Å². The van der Waals surface area contributed by atoms with Crippen molar-refractivity contribution in [3.05, 3.63) is 52.5 Å². The molecule has 0 unspecified atom stereocenters. The molecule has 24 heavy (non-hydrogen) atoms. The van der Waals surface area contributed by atoms with E-state index in [4.69, 9.17) is 4.74 Å². The fourth-order valence-electron chi connectivity index (χ4n) is 2.86. The summed E-state index contributed by atoms with van der Waals surface area (Å²) in [4.78, 5) is 17.0. The second-order valence-electron chi connectivity index (χ2n) is 5.41. The number of nitrogens with one attached hydrogen (secondary N) is 1. The van der Waals surface area contributed by atoms with Gasteiger partial charge in [0.2, 0.25) is 0 Å². The smallest absolute Gasteiger partial charge is 0.342 e. The Morgan fingerprint density at radius 2 is 2.17 bits per heavy atom. The Hall–Kier alpha value is -3.07. The van der Waals surface area contributed by atoms with Gasteiger partial charge >= 0.3 is 5.97 Å². The molecule has 0 saturated carbocycles. The Kier molecular flexibility index (Phi) is 4.34. The number of ether oxygens (including phenoxy) is 1. The summed E-state index contributed by atoms with van der Waals surface area (Å²) in [5.74, 6) is 0.246. The first-order valence-electron chi connectivity index (χ1n) is 7.85. The van der Waals surface area contributed by atoms with Crippen LogP contribution in [0.3, 0.4) is 0 Å². The number of aromatic nitrogens is 1. The summed E-state index contributed by atoms with van der Waals surface area (Å²) in [5, 5.41) is 12.9. The lowest BCUT2D eigenvalue weighted by molar-refractivity contribution is 0.0526. The number of fused-ring (bicyclic) bond motifs is 1. The molecule has 1 aromatic heterocycles. The third kappa shape index (κ3) is 2.65. The number of pyridine rings is 1. The average Bonchev–Trinajstić information content (AvgIpc) is 3.05. The van der Waals surface area contributed by atoms with Gasteiger partial charge in [0.15, 0.2) is 5.49 Å². The molecule has 0 saturated heterocycles. The Bertz CT molecular complexity index is 888. The predicted molar refractivity (Wildman–Crippen MR) is 90.0 cm³/mol. The van der Waals surface area contributed by atoms with Crippen LogP contribution in [-0.2, 0) is 11.3 Å². The molecule has 0 amide bonds. The summed E-state index contributed by atoms with van der Waals surface area (Å²) in [6.45, 7) is 5.13. The SMILES string of the molecule is CCOC(=O)c1c(C)c(C#N)c(=Nc2ccccc2)n2c1NCC2. The lowest BCUT2D eigenvalue weighted by atomic mass is 10.0. The Morgan fingerprint density at radius 1 is 1.42 bits per heavy atom. The van der Waals surface area contributed by atoms with Gasteiger partial charge in [-0.05, 0) is 31.5 Å². The maximum absolute atomic E-state index is 12.3. The zero-order valence-corrected chi connectivity index (χ0v) is 13.7. The van der Waals surface area contributed by atoms with Gasteiger partial charge < -0.3 is 14.6 Å². The number of carbonyl (C=O) groups is 1. The number of esters is 1. The first kappa shape index (κ1) is 15.8. The molecule has 1 aliphatic rings. The molecule has 1 aromatic carbocycles. The molecule has 0 bridgehead atoms. The second kappa shape index (κ2) is 6.59. The number of carbonyl (C=O) groups excluding carboxylic acids is 1. The third-order valence-electron chi connectivity index (χ3n) is 3.95. The maximum Gasteiger partial charge on any atom is 0.342 e. The van der Waals surface area contributed by atoms with Crippen molar-refractivity contribution in [2.75, 3.05) is 18.5 Å². The number of anilines is 1. The third-order valence-corrected chi connectivity index (χ3v) is 3.95. The number of hydrogen-bond donors (Lipinski definition) is 1. The van der Waals surface area contributed by atoms with Gasteiger partial charge in [-0.15, -0.1) is 0 Å². The molecule has 122 valence electrons. The van der Waals surface area contributed by atoms with E-state index in [0.29, 0.717) is 41.1 Å². The molecule has 2 aromatic rings. The van der Waals surface area contributed by atoms with E-state index in [1.165, 1.54) is 0 Å². The highest BCUT2D eigenvalue weighted by Crippen LogP contribution is 2.25. The van der Waals surface area contributed by atoms with Crippen LogP contribution in [0.5, 0.6) is 0 Å². The van der Waals surface area contributed by atoms with E-state index in [2.05, 4.69) is 16.4 Å². The zero-order valence-electron chi connectivity index (χ0n) is 13.7. The van der Waals surface area contributed by atoms with E-state index in [0.717, 1.165) is 5.69 Å². The molecule has 6 nitrogen and oxygen atoms in total. The molecule has 1 aliphatic heterocycles. The first-order valence-corrected chi connectivity index (χ1v) is 7.85. The van der Waals surface area contributed by atoms with Gasteiger partial charge in [-0.3, -0.25) is 0 Å². The molecule has 0 fully saturated rings. The van der Waals surface area contributed by atoms with E-state index in [1.54, 1.807) is 13.8 Å². The number of nitrogens with zero attached hydrogens (tertiary/aromatic N) is 3. The van der Waals surface area contributed by atoms with E-state index >= 15 is 0 Å². The largest absolute Gasteiger partial charge is 0.462 e. The second-order valence-corrected chi connectivity index (χ2v) is 5.41. The normalized spacial score (nSPS) is 13.1. The Balaban J connectivity index is 2.32. The molecule has 0 atom stereocenters. The zero-order chi connectivity index (χ0) is 17.1. The van der Waals surface area contributed by atoms with Gasteiger partial charge in [0.05, 0.1) is 17.9 Å². The van der Waals surface area contributed by atoms with Gasteiger partial charge in [-0.2, -0.15) is 5.26 Å². The van der Waals surface area contributed by atoms with Crippen LogP contribution in [0, 0.1) is 18.3 Å². The summed E-state index contributed by atoms with van der Waals surface area (Å²) >= 11 is 0. The predicted octanol–water partition coefficient (Wildman–Crippen LogP) is 2.50. The standard InChI is InChI=1S/C18H18N4O2/c1-3-24-18(23)15-12(2)14(11-19)16(22-10-9-20-17(15)22)21-13-7-5-4-6-8-13/h4-8,20H,3,9-10H2,1-2H3. The minimum absolute atomic E-state index is 0.287. The summed E-state index contributed by atoms with van der Waals surface area (Å²) in [6.07, 6.45) is 0. The van der Waals surface area contributed by atoms with Crippen LogP contribution >= 0.6 is 0 Å². The van der Waals surface area contributed by atoms with Gasteiger partial charge in [-0.1, -0.05) is 18.2 Å². The first-order chi connectivity index (χ1) is 11.7. The number of hydrogen-bond acceptors (Lipinski definition) is 5. The van der Waals surface area contributed by atoms with Crippen LogP contribution in [0.2, 0.25) is 0 Å². The van der Waals surface area contributed by atoms with E-state index in [9.17, 15) is 10.1 Å². The summed E-state index contributed by atoms with van der Waals surface area (Å²) in [7, 11) is 0. The molecule has 2 heterocycles. The molecule has 3 rings (SSSR count). The van der Waals surface area contributed by atoms with E-state index < -0.39 is 5.97 Å². The van der Waals surface area contributed by atoms with E-state index in [-0.39, 0.29) is 6.61 Å². The van der Waals surface area contributed by atoms with Crippen LogP contribution < -0.4 is 10.8 Å². The quantitative estimate of drug-likeness (QED) is 0.881. The summed E-state index contributed by atoms with van der Waals surface area (Å²) in [6, 6.07) is 11.7. The number of rotatable bonds is 3. The molecule has 6 heteroatoms. The van der Waals surface area contributed by atoms with Crippen molar-refractivity contribution in [2.24, 2.45) is 4.99 Å². The van der Waals surface area contributed by atoms with Crippen molar-refractivity contribution >= 4 is 17.5 Å². The van der Waals surface area contributed by atoms with Crippen LogP contribution in [-0.4, -0.2) is 23.7 Å².